The minimum absolute atomic E-state index is 0. The Balaban J connectivity index is 0.000000255. The van der Waals surface area contributed by atoms with E-state index in [2.05, 4.69) is 191 Å². The normalized spacial score (nSPS) is 11.7. The maximum atomic E-state index is 6.48. The average molecular weight is 1020 g/mol. The molecule has 10 aromatic rings. The van der Waals surface area contributed by atoms with Crippen molar-refractivity contribution in [2.45, 2.75) is 73.0 Å². The molecule has 1 radical (unpaired) electrons. The summed E-state index contributed by atoms with van der Waals surface area (Å²) in [7, 11) is -1.24. The summed E-state index contributed by atoms with van der Waals surface area (Å²) in [5, 5.41) is 5.91. The number of fused-ring (bicyclic) bond motifs is 5. The third kappa shape index (κ3) is 8.58. The van der Waals surface area contributed by atoms with Crippen LogP contribution in [-0.2, 0) is 20.1 Å². The van der Waals surface area contributed by atoms with E-state index in [1.807, 2.05) is 31.3 Å². The molecular weight excluding hydrogens is 965 g/mol. The van der Waals surface area contributed by atoms with Crippen molar-refractivity contribution < 1.29 is 24.5 Å². The predicted molar refractivity (Wildman–Crippen MR) is 262 cm³/mol. The van der Waals surface area contributed by atoms with Crippen LogP contribution in [0, 0.1) is 26.0 Å². The molecule has 5 nitrogen and oxygen atoms in total. The Morgan fingerprint density at radius 3 is 2.08 bits per heavy atom. The van der Waals surface area contributed by atoms with E-state index in [0.29, 0.717) is 5.71 Å². The van der Waals surface area contributed by atoms with Crippen molar-refractivity contribution >= 4 is 57.1 Å². The first-order valence-electron chi connectivity index (χ1n) is 21.6. The molecule has 0 atom stereocenters. The van der Waals surface area contributed by atoms with Crippen LogP contribution in [0.1, 0.15) is 61.9 Å². The summed E-state index contributed by atoms with van der Waals surface area (Å²) in [4.78, 5) is 14.5. The fraction of sp³-hybridized carbons (Fsp3) is 0.196. The van der Waals surface area contributed by atoms with Crippen molar-refractivity contribution in [1.82, 2.24) is 19.5 Å². The Hall–Kier alpha value is -5.98. The number of aryl methyl sites for hydroxylation is 2. The number of nitrogens with zero attached hydrogens (tertiary/aromatic N) is 4. The fourth-order valence-electron chi connectivity index (χ4n) is 8.31. The Kier molecular flexibility index (Phi) is 12.2. The van der Waals surface area contributed by atoms with Crippen molar-refractivity contribution in [3.8, 4) is 39.5 Å². The van der Waals surface area contributed by atoms with Gasteiger partial charge in [0.1, 0.15) is 0 Å². The number of furan rings is 1. The minimum atomic E-state index is -1.24. The van der Waals surface area contributed by atoms with Gasteiger partial charge in [-0.2, -0.15) is 0 Å². The molecule has 4 aromatic heterocycles. The van der Waals surface area contributed by atoms with Crippen LogP contribution in [0.4, 0.5) is 0 Å². The molecule has 317 valence electrons. The van der Waals surface area contributed by atoms with E-state index in [1.165, 1.54) is 49.5 Å². The maximum Gasteiger partial charge on any atom is 0.216 e. The second-order valence-corrected chi connectivity index (χ2v) is 23.2. The number of hydrogen-bond donors (Lipinski definition) is 0. The van der Waals surface area contributed by atoms with E-state index in [4.69, 9.17) is 14.4 Å². The topological polar surface area (TPSA) is 56.7 Å². The first-order valence-corrected chi connectivity index (χ1v) is 25.1. The molecule has 0 saturated carbocycles. The second-order valence-electron chi connectivity index (χ2n) is 18.1. The van der Waals surface area contributed by atoms with Crippen LogP contribution < -0.4 is 5.19 Å². The molecular formula is C56H52IrN4OSi-2. The number of benzene rings is 6. The number of aromatic nitrogens is 4. The van der Waals surface area contributed by atoms with E-state index >= 15 is 0 Å². The van der Waals surface area contributed by atoms with Crippen LogP contribution >= 0.6 is 0 Å². The Morgan fingerprint density at radius 1 is 0.667 bits per heavy atom. The number of pyridine rings is 2. The Morgan fingerprint density at radius 2 is 1.40 bits per heavy atom. The average Bonchev–Trinajstić information content (AvgIpc) is 3.84. The molecule has 10 rings (SSSR count). The summed E-state index contributed by atoms with van der Waals surface area (Å²) in [5.41, 5.74) is 14.7. The maximum absolute atomic E-state index is 6.48. The zero-order valence-electron chi connectivity index (χ0n) is 37.5. The summed E-state index contributed by atoms with van der Waals surface area (Å²) < 4.78 is 8.83. The van der Waals surface area contributed by atoms with Gasteiger partial charge < -0.3 is 14.0 Å². The van der Waals surface area contributed by atoms with Crippen molar-refractivity contribution in [2.24, 2.45) is 0 Å². The number of hydrogen-bond acceptors (Lipinski definition) is 4. The molecule has 7 heteroatoms. The molecule has 6 aromatic carbocycles. The zero-order valence-corrected chi connectivity index (χ0v) is 40.9. The fourth-order valence-corrected chi connectivity index (χ4v) is 9.35. The summed E-state index contributed by atoms with van der Waals surface area (Å²) in [5.74, 6) is 1.36. The molecule has 0 saturated heterocycles. The van der Waals surface area contributed by atoms with Crippen molar-refractivity contribution in [1.29, 1.82) is 0 Å². The van der Waals surface area contributed by atoms with Crippen molar-refractivity contribution in [2.75, 3.05) is 0 Å². The molecule has 0 bridgehead atoms. The van der Waals surface area contributed by atoms with E-state index in [1.54, 1.807) is 0 Å². The predicted octanol–water partition coefficient (Wildman–Crippen LogP) is 14.6. The van der Waals surface area contributed by atoms with Gasteiger partial charge in [0.15, 0.2) is 0 Å². The van der Waals surface area contributed by atoms with Crippen LogP contribution in [0.5, 0.6) is 0 Å². The van der Waals surface area contributed by atoms with Crippen molar-refractivity contribution in [3.63, 3.8) is 0 Å². The molecule has 0 unspecified atom stereocenters. The largest absolute Gasteiger partial charge is 0.486 e. The van der Waals surface area contributed by atoms with Gasteiger partial charge in [-0.3, -0.25) is 4.98 Å². The van der Waals surface area contributed by atoms with Crippen LogP contribution in [0.15, 0.2) is 144 Å². The zero-order chi connectivity index (χ0) is 43.3. The molecule has 0 aliphatic carbocycles. The monoisotopic (exact) mass is 1020 g/mol. The Labute approximate surface area is 385 Å². The van der Waals surface area contributed by atoms with E-state index < -0.39 is 8.07 Å². The number of rotatable bonds is 7. The van der Waals surface area contributed by atoms with Crippen molar-refractivity contribution in [3.05, 3.63) is 174 Å². The second kappa shape index (κ2) is 17.6. The minimum Gasteiger partial charge on any atom is -0.486 e. The van der Waals surface area contributed by atoms with Gasteiger partial charge in [0.05, 0.1) is 30.5 Å². The first kappa shape index (κ1) is 43.7. The van der Waals surface area contributed by atoms with E-state index in [9.17, 15) is 0 Å². The molecule has 4 heterocycles. The summed E-state index contributed by atoms with van der Waals surface area (Å²) >= 11 is 0. The summed E-state index contributed by atoms with van der Waals surface area (Å²) in [6, 6.07) is 54.0. The molecule has 63 heavy (non-hydrogen) atoms. The Bertz CT molecular complexity index is 3220. The van der Waals surface area contributed by atoms with E-state index in [0.717, 1.165) is 55.7 Å². The summed E-state index contributed by atoms with van der Waals surface area (Å²) in [6.45, 7) is 20.2. The SMILES string of the molecule is Cc1c[c-]c(-c2ccc([Si](C)(C)C)cn2)cc1.Cc1ccc2c(n1)oc1c(-c3nc4ccccc4n3-c3c(C(C)C)cc(-c4ccc5ccccc5c4)cc3C(C)C)[c-]ccc12.[Ir]. The van der Waals surface area contributed by atoms with Gasteiger partial charge in [0, 0.05) is 43.1 Å². The summed E-state index contributed by atoms with van der Waals surface area (Å²) in [6.07, 6.45) is 2.02. The van der Waals surface area contributed by atoms with Gasteiger partial charge >= 0.3 is 0 Å². The van der Waals surface area contributed by atoms with Gasteiger partial charge in [0.25, 0.3) is 0 Å². The molecule has 0 spiro atoms. The number of para-hydroxylation sites is 2. The third-order valence-electron chi connectivity index (χ3n) is 11.8. The van der Waals surface area contributed by atoms with Crippen LogP contribution in [0.25, 0.3) is 83.3 Å². The van der Waals surface area contributed by atoms with E-state index in [-0.39, 0.29) is 31.9 Å². The quantitative estimate of drug-likeness (QED) is 0.118. The molecule has 0 aliphatic heterocycles. The number of imidazole rings is 1. The third-order valence-corrected chi connectivity index (χ3v) is 13.8. The van der Waals surface area contributed by atoms with Gasteiger partial charge in [0.2, 0.25) is 5.71 Å². The van der Waals surface area contributed by atoms with Gasteiger partial charge in [-0.1, -0.05) is 126 Å². The molecule has 0 fully saturated rings. The smallest absolute Gasteiger partial charge is 0.216 e. The van der Waals surface area contributed by atoms with Crippen LogP contribution in [0.2, 0.25) is 19.6 Å². The van der Waals surface area contributed by atoms with Gasteiger partial charge in [-0.15, -0.1) is 53.6 Å². The van der Waals surface area contributed by atoms with Gasteiger partial charge in [-0.05, 0) is 105 Å². The van der Waals surface area contributed by atoms with Crippen LogP contribution in [0.3, 0.4) is 0 Å². The van der Waals surface area contributed by atoms with Crippen LogP contribution in [-0.4, -0.2) is 27.6 Å². The standard InChI is InChI=1S/C41H34N3O.C15H18NSi.Ir/c1-24(2)34-22-30(29-19-18-27-11-6-7-12-28(27)21-29)23-35(25(3)4)38(34)44-37-16-9-8-15-36(37)43-40(44)33-14-10-13-31-32-20-17-26(5)42-41(32)45-39(31)33;1-12-5-7-13(8-6-12)15-10-9-14(11-16-15)17(2,3)4;/h6-13,15-25H,1-5H3;5-7,9-11H,1-4H3;/q2*-1;. The molecule has 0 aliphatic rings. The van der Waals surface area contributed by atoms with Gasteiger partial charge in [-0.25, -0.2) is 4.98 Å². The first-order chi connectivity index (χ1) is 29.8. The molecule has 0 N–H and O–H groups in total. The molecule has 0 amide bonds.